The Hall–Kier alpha value is -1.04. The molecule has 0 saturated carbocycles. The van der Waals surface area contributed by atoms with Crippen LogP contribution in [0.5, 0.6) is 11.5 Å². The monoisotopic (exact) mass is 400 g/mol. The molecule has 0 radical (unpaired) electrons. The van der Waals surface area contributed by atoms with Crippen molar-refractivity contribution in [3.8, 4) is 11.5 Å². The Morgan fingerprint density at radius 1 is 0.800 bits per heavy atom. The minimum Gasteiger partial charge on any atom is -0.490 e. The van der Waals surface area contributed by atoms with Crippen LogP contribution >= 0.6 is 31.9 Å². The van der Waals surface area contributed by atoms with E-state index in [1.165, 1.54) is 0 Å². The van der Waals surface area contributed by atoms with Crippen molar-refractivity contribution in [2.45, 2.75) is 6.10 Å². The van der Waals surface area contributed by atoms with E-state index in [-0.39, 0.29) is 13.2 Å². The molecule has 3 nitrogen and oxygen atoms in total. The van der Waals surface area contributed by atoms with Crippen molar-refractivity contribution in [2.24, 2.45) is 0 Å². The van der Waals surface area contributed by atoms with Gasteiger partial charge in [0.1, 0.15) is 30.8 Å². The van der Waals surface area contributed by atoms with Crippen LogP contribution in [-0.2, 0) is 0 Å². The Kier molecular flexibility index (Phi) is 5.88. The van der Waals surface area contributed by atoms with Gasteiger partial charge in [0.05, 0.1) is 8.95 Å². The molecule has 0 aromatic heterocycles. The summed E-state index contributed by atoms with van der Waals surface area (Å²) < 4.78 is 12.8. The van der Waals surface area contributed by atoms with E-state index >= 15 is 0 Å². The molecule has 2 rings (SSSR count). The number of benzene rings is 2. The highest BCUT2D eigenvalue weighted by atomic mass is 79.9. The average Bonchev–Trinajstić information content (AvgIpc) is 2.45. The van der Waals surface area contributed by atoms with Crippen LogP contribution in [0.4, 0.5) is 0 Å². The smallest absolute Gasteiger partial charge is 0.133 e. The molecule has 0 fully saturated rings. The van der Waals surface area contributed by atoms with Gasteiger partial charge in [-0.1, -0.05) is 24.3 Å². The van der Waals surface area contributed by atoms with Gasteiger partial charge in [0.15, 0.2) is 0 Å². The van der Waals surface area contributed by atoms with Gasteiger partial charge in [-0.3, -0.25) is 0 Å². The lowest BCUT2D eigenvalue weighted by Gasteiger charge is -2.15. The van der Waals surface area contributed by atoms with Gasteiger partial charge in [0.25, 0.3) is 0 Å². The average molecular weight is 402 g/mol. The summed E-state index contributed by atoms with van der Waals surface area (Å²) in [7, 11) is 0. The second-order valence-corrected chi connectivity index (χ2v) is 5.85. The first kappa shape index (κ1) is 15.4. The molecule has 0 aliphatic rings. The largest absolute Gasteiger partial charge is 0.490 e. The van der Waals surface area contributed by atoms with Crippen LogP contribution in [0.3, 0.4) is 0 Å². The van der Waals surface area contributed by atoms with Crippen LogP contribution in [0.2, 0.25) is 0 Å². The lowest BCUT2D eigenvalue weighted by atomic mass is 10.3. The molecule has 5 heteroatoms. The molecule has 0 saturated heterocycles. The Morgan fingerprint density at radius 3 is 1.60 bits per heavy atom. The highest BCUT2D eigenvalue weighted by Crippen LogP contribution is 2.25. The maximum atomic E-state index is 9.87. The van der Waals surface area contributed by atoms with Crippen LogP contribution in [0.15, 0.2) is 57.5 Å². The van der Waals surface area contributed by atoms with Crippen LogP contribution < -0.4 is 9.47 Å². The van der Waals surface area contributed by atoms with Crippen molar-refractivity contribution in [2.75, 3.05) is 13.2 Å². The number of aliphatic hydroxyl groups is 1. The summed E-state index contributed by atoms with van der Waals surface area (Å²) in [5.74, 6) is 1.40. The van der Waals surface area contributed by atoms with Crippen molar-refractivity contribution in [1.29, 1.82) is 0 Å². The first-order valence-corrected chi connectivity index (χ1v) is 7.68. The number of ether oxygens (including phenoxy) is 2. The number of para-hydroxylation sites is 2. The normalized spacial score (nSPS) is 10.6. The fourth-order valence-electron chi connectivity index (χ4n) is 1.54. The van der Waals surface area contributed by atoms with E-state index in [4.69, 9.17) is 9.47 Å². The number of halogens is 2. The summed E-state index contributed by atoms with van der Waals surface area (Å²) in [6, 6.07) is 15.0. The quantitative estimate of drug-likeness (QED) is 0.794. The molecule has 0 unspecified atom stereocenters. The van der Waals surface area contributed by atoms with E-state index < -0.39 is 6.10 Å². The second-order valence-electron chi connectivity index (χ2n) is 4.14. The van der Waals surface area contributed by atoms with Crippen LogP contribution in [0, 0.1) is 0 Å². The Bertz CT molecular complexity index is 511. The first-order chi connectivity index (χ1) is 9.66. The number of aliphatic hydroxyl groups excluding tert-OH is 1. The fraction of sp³-hybridized carbons (Fsp3) is 0.200. The molecule has 1 N–H and O–H groups in total. The number of hydrogen-bond donors (Lipinski definition) is 1. The minimum atomic E-state index is -0.700. The van der Waals surface area contributed by atoms with Gasteiger partial charge in [0.2, 0.25) is 0 Å². The molecule has 106 valence electrons. The standard InChI is InChI=1S/C15H14Br2O3/c16-12-5-1-3-7-14(12)19-9-11(18)10-20-15-8-4-2-6-13(15)17/h1-8,11,18H,9-10H2. The molecule has 0 aliphatic heterocycles. The predicted octanol–water partition coefficient (Wildman–Crippen LogP) is 4.03. The third-order valence-electron chi connectivity index (χ3n) is 2.54. The Balaban J connectivity index is 1.80. The summed E-state index contributed by atoms with van der Waals surface area (Å²) in [6.45, 7) is 0.347. The SMILES string of the molecule is OC(COc1ccccc1Br)COc1ccccc1Br. The van der Waals surface area contributed by atoms with E-state index in [9.17, 15) is 5.11 Å². The van der Waals surface area contributed by atoms with Crippen LogP contribution in [0.1, 0.15) is 0 Å². The Labute approximate surface area is 134 Å². The highest BCUT2D eigenvalue weighted by molar-refractivity contribution is 9.10. The zero-order valence-corrected chi connectivity index (χ0v) is 13.8. The van der Waals surface area contributed by atoms with E-state index in [0.717, 1.165) is 8.95 Å². The molecule has 0 heterocycles. The molecule has 0 bridgehead atoms. The zero-order valence-electron chi connectivity index (χ0n) is 10.6. The highest BCUT2D eigenvalue weighted by Gasteiger charge is 2.09. The molecule has 0 aliphatic carbocycles. The van der Waals surface area contributed by atoms with Gasteiger partial charge in [-0.2, -0.15) is 0 Å². The second kappa shape index (κ2) is 7.67. The van der Waals surface area contributed by atoms with Gasteiger partial charge in [-0.25, -0.2) is 0 Å². The van der Waals surface area contributed by atoms with Gasteiger partial charge >= 0.3 is 0 Å². The third kappa shape index (κ3) is 4.51. The van der Waals surface area contributed by atoms with Crippen molar-refractivity contribution in [1.82, 2.24) is 0 Å². The van der Waals surface area contributed by atoms with Crippen LogP contribution in [0.25, 0.3) is 0 Å². The zero-order chi connectivity index (χ0) is 14.4. The molecule has 0 amide bonds. The number of rotatable bonds is 6. The Morgan fingerprint density at radius 2 is 1.20 bits per heavy atom. The topological polar surface area (TPSA) is 38.7 Å². The van der Waals surface area contributed by atoms with E-state index in [1.807, 2.05) is 48.5 Å². The summed E-state index contributed by atoms with van der Waals surface area (Å²) in [4.78, 5) is 0. The van der Waals surface area contributed by atoms with Crippen molar-refractivity contribution >= 4 is 31.9 Å². The van der Waals surface area contributed by atoms with Crippen molar-refractivity contribution < 1.29 is 14.6 Å². The predicted molar refractivity (Wildman–Crippen MR) is 85.3 cm³/mol. The molecular weight excluding hydrogens is 388 g/mol. The minimum absolute atomic E-state index is 0.174. The first-order valence-electron chi connectivity index (χ1n) is 6.09. The van der Waals surface area contributed by atoms with Gasteiger partial charge in [-0.05, 0) is 56.1 Å². The summed E-state index contributed by atoms with van der Waals surface area (Å²) >= 11 is 6.78. The third-order valence-corrected chi connectivity index (χ3v) is 3.85. The van der Waals surface area contributed by atoms with Crippen molar-refractivity contribution in [3.05, 3.63) is 57.5 Å². The fourth-order valence-corrected chi connectivity index (χ4v) is 2.34. The lowest BCUT2D eigenvalue weighted by molar-refractivity contribution is 0.0621. The molecule has 0 spiro atoms. The van der Waals surface area contributed by atoms with Crippen LogP contribution in [-0.4, -0.2) is 24.4 Å². The molecule has 0 atom stereocenters. The summed E-state index contributed by atoms with van der Waals surface area (Å²) in [5.41, 5.74) is 0. The van der Waals surface area contributed by atoms with E-state index in [0.29, 0.717) is 11.5 Å². The van der Waals surface area contributed by atoms with E-state index in [1.54, 1.807) is 0 Å². The van der Waals surface area contributed by atoms with Gasteiger partial charge in [0, 0.05) is 0 Å². The molecule has 20 heavy (non-hydrogen) atoms. The van der Waals surface area contributed by atoms with Crippen molar-refractivity contribution in [3.63, 3.8) is 0 Å². The lowest BCUT2D eigenvalue weighted by Crippen LogP contribution is -2.25. The maximum absolute atomic E-state index is 9.87. The van der Waals surface area contributed by atoms with Gasteiger partial charge < -0.3 is 14.6 Å². The van der Waals surface area contributed by atoms with Gasteiger partial charge in [-0.15, -0.1) is 0 Å². The molecular formula is C15H14Br2O3. The molecule has 2 aromatic carbocycles. The number of hydrogen-bond acceptors (Lipinski definition) is 3. The van der Waals surface area contributed by atoms with E-state index in [2.05, 4.69) is 31.9 Å². The summed E-state index contributed by atoms with van der Waals surface area (Å²) in [6.07, 6.45) is -0.700. The summed E-state index contributed by atoms with van der Waals surface area (Å²) in [5, 5.41) is 9.87. The molecule has 2 aromatic rings. The maximum Gasteiger partial charge on any atom is 0.133 e.